The van der Waals surface area contributed by atoms with Crippen molar-refractivity contribution in [2.24, 2.45) is 5.73 Å². The van der Waals surface area contributed by atoms with E-state index in [9.17, 15) is 4.79 Å². The van der Waals surface area contributed by atoms with Gasteiger partial charge in [0.25, 0.3) is 0 Å². The molecule has 3 nitrogen and oxygen atoms in total. The first-order valence-electron chi connectivity index (χ1n) is 3.89. The van der Waals surface area contributed by atoms with E-state index < -0.39 is 12.0 Å². The van der Waals surface area contributed by atoms with Crippen LogP contribution < -0.4 is 5.73 Å². The number of nitrogens with two attached hydrogens (primary N) is 1. The van der Waals surface area contributed by atoms with Gasteiger partial charge in [-0.3, -0.25) is 4.79 Å². The van der Waals surface area contributed by atoms with Gasteiger partial charge in [-0.1, -0.05) is 23.7 Å². The van der Waals surface area contributed by atoms with E-state index in [1.54, 1.807) is 12.1 Å². The van der Waals surface area contributed by atoms with Crippen molar-refractivity contribution in [3.8, 4) is 0 Å². The first kappa shape index (κ1) is 8.53. The van der Waals surface area contributed by atoms with Crippen molar-refractivity contribution in [1.82, 2.24) is 0 Å². The van der Waals surface area contributed by atoms with E-state index in [1.807, 2.05) is 12.1 Å². The molecule has 1 aromatic rings. The number of carbonyl (C=O) groups excluding carboxylic acids is 1. The highest BCUT2D eigenvalue weighted by Gasteiger charge is 2.44. The van der Waals surface area contributed by atoms with Crippen molar-refractivity contribution in [3.05, 3.63) is 34.9 Å². The minimum atomic E-state index is -0.457. The van der Waals surface area contributed by atoms with E-state index in [0.717, 1.165) is 5.56 Å². The van der Waals surface area contributed by atoms with Crippen molar-refractivity contribution in [1.29, 1.82) is 0 Å². The Balaban J connectivity index is 2.12. The Bertz CT molecular complexity index is 336. The summed E-state index contributed by atoms with van der Waals surface area (Å²) in [6, 6.07) is 7.18. The van der Waals surface area contributed by atoms with E-state index in [1.165, 1.54) is 0 Å². The van der Waals surface area contributed by atoms with Crippen molar-refractivity contribution in [2.45, 2.75) is 12.2 Å². The maximum atomic E-state index is 10.7. The summed E-state index contributed by atoms with van der Waals surface area (Å²) in [6.45, 7) is 0. The topological polar surface area (TPSA) is 55.6 Å². The number of hydrogen-bond acceptors (Lipinski definition) is 2. The van der Waals surface area contributed by atoms with Crippen LogP contribution in [-0.4, -0.2) is 12.0 Å². The fourth-order valence-corrected chi connectivity index (χ4v) is 1.36. The normalized spacial score (nSPS) is 25.6. The smallest absolute Gasteiger partial charge is 0.249 e. The highest BCUT2D eigenvalue weighted by Crippen LogP contribution is 2.38. The number of ether oxygens (including phenoxy) is 1. The molecule has 0 aromatic heterocycles. The number of halogens is 1. The first-order valence-corrected chi connectivity index (χ1v) is 4.26. The van der Waals surface area contributed by atoms with Crippen LogP contribution in [0.3, 0.4) is 0 Å². The van der Waals surface area contributed by atoms with Gasteiger partial charge in [0.15, 0.2) is 6.10 Å². The van der Waals surface area contributed by atoms with E-state index >= 15 is 0 Å². The summed E-state index contributed by atoms with van der Waals surface area (Å²) in [4.78, 5) is 10.7. The fraction of sp³-hybridized carbons (Fsp3) is 0.222. The molecular formula is C9H8ClNO2. The SMILES string of the molecule is NC(=O)C1OC1c1ccc(Cl)cc1. The molecule has 0 radical (unpaired) electrons. The van der Waals surface area contributed by atoms with Crippen molar-refractivity contribution >= 4 is 17.5 Å². The van der Waals surface area contributed by atoms with Gasteiger partial charge in [0.1, 0.15) is 6.10 Å². The lowest BCUT2D eigenvalue weighted by Crippen LogP contribution is -2.18. The van der Waals surface area contributed by atoms with Gasteiger partial charge in [-0.15, -0.1) is 0 Å². The molecule has 1 heterocycles. The number of amides is 1. The van der Waals surface area contributed by atoms with E-state index in [2.05, 4.69) is 0 Å². The van der Waals surface area contributed by atoms with Crippen LogP contribution >= 0.6 is 11.6 Å². The fourth-order valence-electron chi connectivity index (χ4n) is 1.23. The monoisotopic (exact) mass is 197 g/mol. The lowest BCUT2D eigenvalue weighted by atomic mass is 10.1. The molecule has 0 aliphatic carbocycles. The first-order chi connectivity index (χ1) is 6.18. The molecule has 0 spiro atoms. The average Bonchev–Trinajstić information content (AvgIpc) is 2.85. The number of epoxide rings is 1. The summed E-state index contributed by atoms with van der Waals surface area (Å²) in [5.41, 5.74) is 6.00. The lowest BCUT2D eigenvalue weighted by molar-refractivity contribution is -0.119. The maximum Gasteiger partial charge on any atom is 0.249 e. The molecule has 2 unspecified atom stereocenters. The van der Waals surface area contributed by atoms with Crippen molar-refractivity contribution < 1.29 is 9.53 Å². The Labute approximate surface area is 80.4 Å². The third-order valence-corrected chi connectivity index (χ3v) is 2.22. The second-order valence-corrected chi connectivity index (χ2v) is 3.37. The predicted molar refractivity (Wildman–Crippen MR) is 48.3 cm³/mol. The number of benzene rings is 1. The largest absolute Gasteiger partial charge is 0.367 e. The minimum absolute atomic E-state index is 0.172. The molecule has 13 heavy (non-hydrogen) atoms. The van der Waals surface area contributed by atoms with Gasteiger partial charge in [-0.25, -0.2) is 0 Å². The third kappa shape index (κ3) is 1.66. The lowest BCUT2D eigenvalue weighted by Gasteiger charge is -1.94. The van der Waals surface area contributed by atoms with Crippen LogP contribution in [0, 0.1) is 0 Å². The number of carbonyl (C=O) groups is 1. The van der Waals surface area contributed by atoms with Crippen LogP contribution in [0.2, 0.25) is 5.02 Å². The van der Waals surface area contributed by atoms with Gasteiger partial charge >= 0.3 is 0 Å². The van der Waals surface area contributed by atoms with Crippen LogP contribution in [-0.2, 0) is 9.53 Å². The molecule has 1 aliphatic heterocycles. The second-order valence-electron chi connectivity index (χ2n) is 2.93. The molecule has 1 amide bonds. The predicted octanol–water partition coefficient (Wildman–Crippen LogP) is 1.27. The van der Waals surface area contributed by atoms with E-state index in [4.69, 9.17) is 22.1 Å². The number of rotatable bonds is 2. The van der Waals surface area contributed by atoms with Gasteiger partial charge in [0, 0.05) is 5.02 Å². The summed E-state index contributed by atoms with van der Waals surface area (Å²) in [5, 5.41) is 0.667. The third-order valence-electron chi connectivity index (χ3n) is 1.97. The number of hydrogen-bond donors (Lipinski definition) is 1. The Morgan fingerprint density at radius 3 is 2.46 bits per heavy atom. The maximum absolute atomic E-state index is 10.7. The highest BCUT2D eigenvalue weighted by molar-refractivity contribution is 6.30. The summed E-state index contributed by atoms with van der Waals surface area (Å²) >= 11 is 5.70. The van der Waals surface area contributed by atoms with E-state index in [0.29, 0.717) is 5.02 Å². The summed E-state index contributed by atoms with van der Waals surface area (Å²) in [7, 11) is 0. The van der Waals surface area contributed by atoms with Crippen molar-refractivity contribution in [2.75, 3.05) is 0 Å². The average molecular weight is 198 g/mol. The molecular weight excluding hydrogens is 190 g/mol. The van der Waals surface area contributed by atoms with Gasteiger partial charge in [-0.2, -0.15) is 0 Å². The zero-order chi connectivity index (χ0) is 9.42. The summed E-state index contributed by atoms with van der Waals surface area (Å²) in [5.74, 6) is -0.417. The van der Waals surface area contributed by atoms with Crippen LogP contribution in [0.4, 0.5) is 0 Å². The zero-order valence-electron chi connectivity index (χ0n) is 6.74. The summed E-state index contributed by atoms with van der Waals surface area (Å²) in [6.07, 6.45) is -0.629. The van der Waals surface area contributed by atoms with Crippen LogP contribution in [0.5, 0.6) is 0 Å². The number of primary amides is 1. The minimum Gasteiger partial charge on any atom is -0.367 e. The Morgan fingerprint density at radius 1 is 1.38 bits per heavy atom. The Morgan fingerprint density at radius 2 is 2.00 bits per heavy atom. The molecule has 2 atom stereocenters. The highest BCUT2D eigenvalue weighted by atomic mass is 35.5. The summed E-state index contributed by atoms with van der Waals surface area (Å²) < 4.78 is 5.09. The molecule has 2 N–H and O–H groups in total. The standard InChI is InChI=1S/C9H8ClNO2/c10-6-3-1-5(2-4-6)7-8(13-7)9(11)12/h1-4,7-8H,(H2,11,12). The van der Waals surface area contributed by atoms with Gasteiger partial charge in [0.05, 0.1) is 0 Å². The Kier molecular flexibility index (Phi) is 1.98. The second kappa shape index (κ2) is 3.01. The zero-order valence-corrected chi connectivity index (χ0v) is 7.49. The van der Waals surface area contributed by atoms with Gasteiger partial charge < -0.3 is 10.5 Å². The molecule has 68 valence electrons. The quantitative estimate of drug-likeness (QED) is 0.726. The molecule has 1 aliphatic rings. The molecule has 0 bridgehead atoms. The van der Waals surface area contributed by atoms with Gasteiger partial charge in [0.2, 0.25) is 5.91 Å². The molecule has 1 aromatic carbocycles. The molecule has 1 fully saturated rings. The van der Waals surface area contributed by atoms with Crippen LogP contribution in [0.1, 0.15) is 11.7 Å². The van der Waals surface area contributed by atoms with E-state index in [-0.39, 0.29) is 6.10 Å². The molecule has 2 rings (SSSR count). The van der Waals surface area contributed by atoms with Crippen molar-refractivity contribution in [3.63, 3.8) is 0 Å². The molecule has 0 saturated carbocycles. The Hall–Kier alpha value is -1.06. The van der Waals surface area contributed by atoms with Gasteiger partial charge in [-0.05, 0) is 17.7 Å². The molecule has 4 heteroatoms. The van der Waals surface area contributed by atoms with Crippen LogP contribution in [0.25, 0.3) is 0 Å². The van der Waals surface area contributed by atoms with Crippen LogP contribution in [0.15, 0.2) is 24.3 Å². The molecule has 1 saturated heterocycles.